The minimum atomic E-state index is -3.82. The van der Waals surface area contributed by atoms with Crippen molar-refractivity contribution in [3.8, 4) is 0 Å². The number of aryl methyl sites for hydroxylation is 1. The van der Waals surface area contributed by atoms with E-state index < -0.39 is 16.0 Å². The first kappa shape index (κ1) is 12.5. The molecule has 0 aromatic carbocycles. The highest BCUT2D eigenvalue weighted by Gasteiger charge is 2.20. The van der Waals surface area contributed by atoms with Crippen LogP contribution in [0.4, 0.5) is 5.00 Å². The van der Waals surface area contributed by atoms with Crippen molar-refractivity contribution in [3.63, 3.8) is 0 Å². The van der Waals surface area contributed by atoms with Crippen LogP contribution < -0.4 is 4.72 Å². The molecule has 0 atom stereocenters. The molecule has 0 spiro atoms. The SMILES string of the molecule is Cn1cc(S(=O)(=O)Nc2cnns2)cc1C(=O)O. The van der Waals surface area contributed by atoms with Gasteiger partial charge in [-0.05, 0) is 6.07 Å². The van der Waals surface area contributed by atoms with Crippen LogP contribution in [0.25, 0.3) is 0 Å². The van der Waals surface area contributed by atoms with Crippen LogP contribution in [0.15, 0.2) is 23.4 Å². The van der Waals surface area contributed by atoms with Crippen LogP contribution in [-0.4, -0.2) is 33.6 Å². The predicted octanol–water partition coefficient (Wildman–Crippen LogP) is 0.376. The minimum absolute atomic E-state index is 0.113. The maximum absolute atomic E-state index is 11.9. The molecule has 0 aliphatic carbocycles. The number of hydrogen-bond acceptors (Lipinski definition) is 6. The molecule has 8 nitrogen and oxygen atoms in total. The van der Waals surface area contributed by atoms with Gasteiger partial charge in [-0.1, -0.05) is 4.49 Å². The van der Waals surface area contributed by atoms with Crippen LogP contribution in [0.3, 0.4) is 0 Å². The second kappa shape index (κ2) is 4.38. The number of carboxylic acids is 1. The second-order valence-corrected chi connectivity index (χ2v) is 5.83. The van der Waals surface area contributed by atoms with Crippen molar-refractivity contribution >= 4 is 32.5 Å². The molecule has 2 heterocycles. The molecular weight excluding hydrogens is 280 g/mol. The van der Waals surface area contributed by atoms with Gasteiger partial charge in [0.1, 0.15) is 15.6 Å². The van der Waals surface area contributed by atoms with E-state index >= 15 is 0 Å². The van der Waals surface area contributed by atoms with Gasteiger partial charge in [-0.2, -0.15) is 0 Å². The number of carbonyl (C=O) groups is 1. The fourth-order valence-electron chi connectivity index (χ4n) is 1.30. The van der Waals surface area contributed by atoms with Gasteiger partial charge in [-0.25, -0.2) is 13.2 Å². The highest BCUT2D eigenvalue weighted by Crippen LogP contribution is 2.19. The molecule has 0 saturated heterocycles. The third kappa shape index (κ3) is 2.33. The molecule has 18 heavy (non-hydrogen) atoms. The fraction of sp³-hybridized carbons (Fsp3) is 0.125. The number of nitrogens with zero attached hydrogens (tertiary/aromatic N) is 3. The van der Waals surface area contributed by atoms with E-state index in [2.05, 4.69) is 14.3 Å². The normalized spacial score (nSPS) is 11.4. The van der Waals surface area contributed by atoms with Crippen molar-refractivity contribution in [1.82, 2.24) is 14.2 Å². The minimum Gasteiger partial charge on any atom is -0.477 e. The van der Waals surface area contributed by atoms with Crippen LogP contribution >= 0.6 is 11.5 Å². The highest BCUT2D eigenvalue weighted by atomic mass is 32.2. The summed E-state index contributed by atoms with van der Waals surface area (Å²) in [5.41, 5.74) is -0.113. The Labute approximate surface area is 106 Å². The summed E-state index contributed by atoms with van der Waals surface area (Å²) in [4.78, 5) is 10.7. The number of aromatic carboxylic acids is 1. The molecule has 2 rings (SSSR count). The summed E-state index contributed by atoms with van der Waals surface area (Å²) in [6.45, 7) is 0. The molecule has 0 aliphatic heterocycles. The van der Waals surface area contributed by atoms with E-state index in [-0.39, 0.29) is 15.6 Å². The third-order valence-corrected chi connectivity index (χ3v) is 4.15. The Balaban J connectivity index is 2.36. The number of carboxylic acid groups (broad SMARTS) is 1. The molecule has 0 bridgehead atoms. The van der Waals surface area contributed by atoms with E-state index in [4.69, 9.17) is 5.11 Å². The van der Waals surface area contributed by atoms with Gasteiger partial charge in [0.2, 0.25) is 0 Å². The molecule has 0 aliphatic rings. The fourth-order valence-corrected chi connectivity index (χ4v) is 3.05. The average molecular weight is 288 g/mol. The monoisotopic (exact) mass is 288 g/mol. The lowest BCUT2D eigenvalue weighted by molar-refractivity contribution is 0.0686. The number of sulfonamides is 1. The maximum atomic E-state index is 11.9. The molecule has 0 saturated carbocycles. The van der Waals surface area contributed by atoms with E-state index in [1.807, 2.05) is 0 Å². The lowest BCUT2D eigenvalue weighted by Crippen LogP contribution is -2.11. The van der Waals surface area contributed by atoms with Gasteiger partial charge in [0.25, 0.3) is 10.0 Å². The van der Waals surface area contributed by atoms with Crippen molar-refractivity contribution in [1.29, 1.82) is 0 Å². The molecule has 96 valence electrons. The lowest BCUT2D eigenvalue weighted by atomic mass is 10.4. The second-order valence-electron chi connectivity index (χ2n) is 3.36. The van der Waals surface area contributed by atoms with Crippen LogP contribution in [0.1, 0.15) is 10.5 Å². The Hall–Kier alpha value is -1.94. The van der Waals surface area contributed by atoms with E-state index in [1.54, 1.807) is 0 Å². The molecule has 0 amide bonds. The van der Waals surface area contributed by atoms with Crippen LogP contribution in [0.2, 0.25) is 0 Å². The van der Waals surface area contributed by atoms with Gasteiger partial charge in [0.15, 0.2) is 0 Å². The first-order valence-electron chi connectivity index (χ1n) is 4.60. The zero-order chi connectivity index (χ0) is 13.3. The molecule has 2 aromatic rings. The smallest absolute Gasteiger partial charge is 0.352 e. The van der Waals surface area contributed by atoms with Crippen molar-refractivity contribution in [2.45, 2.75) is 4.90 Å². The van der Waals surface area contributed by atoms with Crippen molar-refractivity contribution in [2.24, 2.45) is 7.05 Å². The zero-order valence-corrected chi connectivity index (χ0v) is 10.7. The van der Waals surface area contributed by atoms with Gasteiger partial charge < -0.3 is 9.67 Å². The Morgan fingerprint density at radius 1 is 1.56 bits per heavy atom. The molecule has 0 unspecified atom stereocenters. The van der Waals surface area contributed by atoms with Crippen molar-refractivity contribution in [3.05, 3.63) is 24.2 Å². The Morgan fingerprint density at radius 2 is 2.28 bits per heavy atom. The lowest BCUT2D eigenvalue weighted by Gasteiger charge is -2.01. The Bertz CT molecular complexity index is 674. The standard InChI is InChI=1S/C8H8N4O4S2/c1-12-4-5(2-6(12)8(13)14)18(15,16)10-7-3-9-11-17-7/h2-4,10H,1H3,(H,13,14). The highest BCUT2D eigenvalue weighted by molar-refractivity contribution is 7.93. The number of anilines is 1. The largest absolute Gasteiger partial charge is 0.477 e. The quantitative estimate of drug-likeness (QED) is 0.840. The number of hydrogen-bond donors (Lipinski definition) is 2. The summed E-state index contributed by atoms with van der Waals surface area (Å²) in [5, 5.41) is 12.6. The molecule has 2 aromatic heterocycles. The molecular formula is C8H8N4O4S2. The average Bonchev–Trinajstić information content (AvgIpc) is 2.86. The van der Waals surface area contributed by atoms with Crippen molar-refractivity contribution in [2.75, 3.05) is 4.72 Å². The topological polar surface area (TPSA) is 114 Å². The summed E-state index contributed by atoms with van der Waals surface area (Å²) in [6, 6.07) is 1.08. The van der Waals surface area contributed by atoms with Crippen LogP contribution in [0.5, 0.6) is 0 Å². The number of rotatable bonds is 4. The van der Waals surface area contributed by atoms with Gasteiger partial charge in [0, 0.05) is 24.8 Å². The van der Waals surface area contributed by atoms with E-state index in [0.29, 0.717) is 0 Å². The molecule has 0 radical (unpaired) electrons. The van der Waals surface area contributed by atoms with Crippen molar-refractivity contribution < 1.29 is 18.3 Å². The van der Waals surface area contributed by atoms with Gasteiger partial charge in [0.05, 0.1) is 6.20 Å². The van der Waals surface area contributed by atoms with Gasteiger partial charge >= 0.3 is 5.97 Å². The first-order valence-corrected chi connectivity index (χ1v) is 6.85. The third-order valence-electron chi connectivity index (χ3n) is 2.11. The summed E-state index contributed by atoms with van der Waals surface area (Å²) in [7, 11) is -2.37. The van der Waals surface area contributed by atoms with Gasteiger partial charge in [-0.3, -0.25) is 4.72 Å². The Kier molecular flexibility index (Phi) is 3.05. The van der Waals surface area contributed by atoms with Crippen LogP contribution in [0, 0.1) is 0 Å². The Morgan fingerprint density at radius 3 is 2.78 bits per heavy atom. The van der Waals surface area contributed by atoms with E-state index in [1.165, 1.54) is 24.0 Å². The van der Waals surface area contributed by atoms with Crippen LogP contribution in [-0.2, 0) is 17.1 Å². The number of aromatic nitrogens is 3. The molecule has 0 fully saturated rings. The maximum Gasteiger partial charge on any atom is 0.352 e. The first-order chi connectivity index (χ1) is 8.40. The zero-order valence-electron chi connectivity index (χ0n) is 9.06. The van der Waals surface area contributed by atoms with E-state index in [0.717, 1.165) is 17.6 Å². The molecule has 2 N–H and O–H groups in total. The summed E-state index contributed by atoms with van der Waals surface area (Å²) >= 11 is 0.887. The molecule has 10 heteroatoms. The summed E-state index contributed by atoms with van der Waals surface area (Å²) < 4.78 is 30.8. The van der Waals surface area contributed by atoms with Gasteiger partial charge in [-0.15, -0.1) is 5.10 Å². The van der Waals surface area contributed by atoms with E-state index in [9.17, 15) is 13.2 Å². The number of nitrogens with one attached hydrogen (secondary N) is 1. The summed E-state index contributed by atoms with van der Waals surface area (Å²) in [5.74, 6) is -1.20. The summed E-state index contributed by atoms with van der Waals surface area (Å²) in [6.07, 6.45) is 2.49. The predicted molar refractivity (Wildman–Crippen MR) is 63.1 cm³/mol.